The van der Waals surface area contributed by atoms with Crippen LogP contribution in [0.2, 0.25) is 0 Å². The number of benzene rings is 2. The first kappa shape index (κ1) is 15.2. The average Bonchev–Trinajstić information content (AvgIpc) is 2.51. The van der Waals surface area contributed by atoms with Crippen molar-refractivity contribution in [2.24, 2.45) is 17.2 Å². The number of hydrogen-bond donors (Lipinski definition) is 3. The summed E-state index contributed by atoms with van der Waals surface area (Å²) in [6.07, 6.45) is 0.594. The molecule has 110 valence electrons. The lowest BCUT2D eigenvalue weighted by Gasteiger charge is -2.24. The molecule has 0 aliphatic carbocycles. The van der Waals surface area contributed by atoms with Crippen molar-refractivity contribution in [3.8, 4) is 0 Å². The van der Waals surface area contributed by atoms with Gasteiger partial charge in [0, 0.05) is 5.56 Å². The molecule has 0 spiro atoms. The van der Waals surface area contributed by atoms with Gasteiger partial charge in [-0.05, 0) is 30.2 Å². The van der Waals surface area contributed by atoms with E-state index < -0.39 is 17.2 Å². The smallest absolute Gasteiger partial charge is 0.245 e. The molecule has 0 fully saturated rings. The largest absolute Gasteiger partial charge is 0.368 e. The zero-order valence-electron chi connectivity index (χ0n) is 11.7. The standard InChI is InChI=1S/C16H19N3O2/c17-10-4-9-16(19,15(18)21)14(20)13-8-3-6-11-5-1-2-7-12(11)13/h1-3,5-8H,4,9-10,17,19H2,(H2,18,21)/t16-/m1/s1. The topological polar surface area (TPSA) is 112 Å². The number of primary amides is 1. The third kappa shape index (κ3) is 2.79. The molecule has 0 heterocycles. The molecule has 0 aliphatic rings. The molecule has 0 unspecified atom stereocenters. The molecule has 5 heteroatoms. The van der Waals surface area contributed by atoms with E-state index in [1.807, 2.05) is 30.3 Å². The summed E-state index contributed by atoms with van der Waals surface area (Å²) in [5, 5.41) is 1.67. The van der Waals surface area contributed by atoms with Gasteiger partial charge in [0.25, 0.3) is 0 Å². The van der Waals surface area contributed by atoms with Crippen molar-refractivity contribution in [3.63, 3.8) is 0 Å². The average molecular weight is 285 g/mol. The predicted octanol–water partition coefficient (Wildman–Crippen LogP) is 0.944. The molecule has 21 heavy (non-hydrogen) atoms. The molecule has 2 aromatic carbocycles. The first-order valence-electron chi connectivity index (χ1n) is 6.82. The minimum atomic E-state index is -1.72. The van der Waals surface area contributed by atoms with Gasteiger partial charge in [-0.1, -0.05) is 42.5 Å². The van der Waals surface area contributed by atoms with Gasteiger partial charge in [0.1, 0.15) is 0 Å². The number of amides is 1. The van der Waals surface area contributed by atoms with Crippen molar-refractivity contribution < 1.29 is 9.59 Å². The highest BCUT2D eigenvalue weighted by molar-refractivity contribution is 6.21. The second-order valence-corrected chi connectivity index (χ2v) is 5.08. The Hall–Kier alpha value is -2.24. The molecule has 0 saturated carbocycles. The van der Waals surface area contributed by atoms with Gasteiger partial charge in [-0.2, -0.15) is 0 Å². The maximum Gasteiger partial charge on any atom is 0.245 e. The highest BCUT2D eigenvalue weighted by atomic mass is 16.2. The Bertz CT molecular complexity index is 679. The summed E-state index contributed by atoms with van der Waals surface area (Å²) in [7, 11) is 0. The minimum Gasteiger partial charge on any atom is -0.368 e. The summed E-state index contributed by atoms with van der Waals surface area (Å²) < 4.78 is 0. The van der Waals surface area contributed by atoms with E-state index in [9.17, 15) is 9.59 Å². The molecule has 0 aliphatic heterocycles. The molecule has 0 bridgehead atoms. The quantitative estimate of drug-likeness (QED) is 0.541. The van der Waals surface area contributed by atoms with E-state index in [1.54, 1.807) is 12.1 Å². The Morgan fingerprint density at radius 2 is 1.71 bits per heavy atom. The fraction of sp³-hybridized carbons (Fsp3) is 0.250. The van der Waals surface area contributed by atoms with Crippen LogP contribution in [0.5, 0.6) is 0 Å². The van der Waals surface area contributed by atoms with Crippen molar-refractivity contribution in [3.05, 3.63) is 48.0 Å². The van der Waals surface area contributed by atoms with Gasteiger partial charge in [0.2, 0.25) is 5.91 Å². The number of nitrogens with two attached hydrogens (primary N) is 3. The normalized spacial score (nSPS) is 13.8. The third-order valence-corrected chi connectivity index (χ3v) is 3.65. The van der Waals surface area contributed by atoms with Crippen molar-refractivity contribution >= 4 is 22.5 Å². The number of hydrogen-bond acceptors (Lipinski definition) is 4. The molecule has 0 radical (unpaired) electrons. The lowest BCUT2D eigenvalue weighted by molar-refractivity contribution is -0.121. The van der Waals surface area contributed by atoms with E-state index in [4.69, 9.17) is 17.2 Å². The van der Waals surface area contributed by atoms with Gasteiger partial charge >= 0.3 is 0 Å². The van der Waals surface area contributed by atoms with Crippen LogP contribution in [0, 0.1) is 0 Å². The number of Topliss-reactive ketones (excluding diaryl/α,β-unsaturated/α-hetero) is 1. The lowest BCUT2D eigenvalue weighted by Crippen LogP contribution is -2.58. The fourth-order valence-corrected chi connectivity index (χ4v) is 2.39. The molecular weight excluding hydrogens is 266 g/mol. The van der Waals surface area contributed by atoms with E-state index in [0.29, 0.717) is 18.5 Å². The molecule has 6 N–H and O–H groups in total. The second kappa shape index (κ2) is 6.03. The highest BCUT2D eigenvalue weighted by Crippen LogP contribution is 2.24. The van der Waals surface area contributed by atoms with Crippen LogP contribution in [0.1, 0.15) is 23.2 Å². The molecule has 2 rings (SSSR count). The highest BCUT2D eigenvalue weighted by Gasteiger charge is 2.40. The minimum absolute atomic E-state index is 0.140. The Morgan fingerprint density at radius 3 is 2.38 bits per heavy atom. The molecule has 0 saturated heterocycles. The Labute approximate surface area is 123 Å². The molecule has 0 aromatic heterocycles. The van der Waals surface area contributed by atoms with E-state index in [0.717, 1.165) is 10.8 Å². The maximum atomic E-state index is 12.8. The van der Waals surface area contributed by atoms with Crippen LogP contribution >= 0.6 is 0 Å². The van der Waals surface area contributed by atoms with Gasteiger partial charge in [0.05, 0.1) is 0 Å². The predicted molar refractivity (Wildman–Crippen MR) is 82.7 cm³/mol. The monoisotopic (exact) mass is 285 g/mol. The number of fused-ring (bicyclic) bond motifs is 1. The first-order valence-corrected chi connectivity index (χ1v) is 6.82. The number of carbonyl (C=O) groups is 2. The maximum absolute atomic E-state index is 12.8. The van der Waals surface area contributed by atoms with Gasteiger partial charge in [-0.3, -0.25) is 9.59 Å². The van der Waals surface area contributed by atoms with Crippen LogP contribution in [0.4, 0.5) is 0 Å². The van der Waals surface area contributed by atoms with E-state index >= 15 is 0 Å². The van der Waals surface area contributed by atoms with Crippen molar-refractivity contribution in [2.75, 3.05) is 6.54 Å². The Morgan fingerprint density at radius 1 is 1.05 bits per heavy atom. The lowest BCUT2D eigenvalue weighted by atomic mass is 9.83. The summed E-state index contributed by atoms with van der Waals surface area (Å²) in [5.41, 5.74) is 15.5. The van der Waals surface area contributed by atoms with Crippen LogP contribution < -0.4 is 17.2 Å². The van der Waals surface area contributed by atoms with Crippen LogP contribution in [-0.2, 0) is 4.79 Å². The SMILES string of the molecule is NCCC[C@](N)(C(N)=O)C(=O)c1cccc2ccccc12. The Kier molecular flexibility index (Phi) is 4.35. The molecule has 1 amide bonds. The van der Waals surface area contributed by atoms with Crippen LogP contribution in [0.15, 0.2) is 42.5 Å². The van der Waals surface area contributed by atoms with Gasteiger partial charge in [-0.15, -0.1) is 0 Å². The summed E-state index contributed by atoms with van der Waals surface area (Å²) in [4.78, 5) is 24.5. The van der Waals surface area contributed by atoms with Gasteiger partial charge in [0.15, 0.2) is 11.3 Å². The zero-order chi connectivity index (χ0) is 15.5. The van der Waals surface area contributed by atoms with Gasteiger partial charge in [-0.25, -0.2) is 0 Å². The molecular formula is C16H19N3O2. The summed E-state index contributed by atoms with van der Waals surface area (Å²) in [6.45, 7) is 0.342. The van der Waals surface area contributed by atoms with E-state index in [-0.39, 0.29) is 6.42 Å². The zero-order valence-corrected chi connectivity index (χ0v) is 11.7. The van der Waals surface area contributed by atoms with Gasteiger partial charge < -0.3 is 17.2 Å². The Balaban J connectivity index is 2.51. The molecule has 2 aromatic rings. The van der Waals surface area contributed by atoms with Crippen LogP contribution in [0.3, 0.4) is 0 Å². The fourth-order valence-electron chi connectivity index (χ4n) is 2.39. The number of carbonyl (C=O) groups excluding carboxylic acids is 2. The van der Waals surface area contributed by atoms with Crippen molar-refractivity contribution in [1.29, 1.82) is 0 Å². The molecule has 5 nitrogen and oxygen atoms in total. The van der Waals surface area contributed by atoms with Crippen LogP contribution in [-0.4, -0.2) is 23.8 Å². The van der Waals surface area contributed by atoms with Crippen molar-refractivity contribution in [2.45, 2.75) is 18.4 Å². The van der Waals surface area contributed by atoms with Crippen LogP contribution in [0.25, 0.3) is 10.8 Å². The summed E-state index contributed by atoms with van der Waals surface area (Å²) in [5.74, 6) is -1.28. The first-order chi connectivity index (χ1) is 10.0. The second-order valence-electron chi connectivity index (χ2n) is 5.08. The summed E-state index contributed by atoms with van der Waals surface area (Å²) >= 11 is 0. The summed E-state index contributed by atoms with van der Waals surface area (Å²) in [6, 6.07) is 12.8. The van der Waals surface area contributed by atoms with Crippen molar-refractivity contribution in [1.82, 2.24) is 0 Å². The molecule has 1 atom stereocenters. The van der Waals surface area contributed by atoms with E-state index in [1.165, 1.54) is 0 Å². The number of rotatable bonds is 6. The third-order valence-electron chi connectivity index (χ3n) is 3.65. The number of ketones is 1. The van der Waals surface area contributed by atoms with E-state index in [2.05, 4.69) is 0 Å².